The maximum atomic E-state index is 5.92. The minimum absolute atomic E-state index is 0.498. The van der Waals surface area contributed by atoms with Crippen LogP contribution in [-0.4, -0.2) is 17.0 Å². The van der Waals surface area contributed by atoms with Gasteiger partial charge in [0.1, 0.15) is 0 Å². The van der Waals surface area contributed by atoms with Crippen LogP contribution in [0.4, 0.5) is 5.69 Å². The lowest BCUT2D eigenvalue weighted by molar-refractivity contribution is 0.880. The largest absolute Gasteiger partial charge is 0.367 e. The molecule has 0 unspecified atom stereocenters. The molecule has 2 heterocycles. The van der Waals surface area contributed by atoms with Gasteiger partial charge in [-0.3, -0.25) is 4.98 Å². The summed E-state index contributed by atoms with van der Waals surface area (Å²) in [6, 6.07) is 1.95. The Morgan fingerprint density at radius 1 is 1.47 bits per heavy atom. The topological polar surface area (TPSA) is 29.0 Å². The van der Waals surface area contributed by atoms with Crippen molar-refractivity contribution in [1.82, 2.24) is 9.97 Å². The van der Waals surface area contributed by atoms with Gasteiger partial charge in [0.05, 0.1) is 29.1 Å². The Morgan fingerprint density at radius 3 is 2.94 bits per heavy atom. The van der Waals surface area contributed by atoms with Crippen LogP contribution in [-0.2, 0) is 12.4 Å². The fourth-order valence-electron chi connectivity index (χ4n) is 1.68. The van der Waals surface area contributed by atoms with E-state index in [4.69, 9.17) is 11.6 Å². The molecule has 0 saturated carbocycles. The molecular formula is C12H14ClN3S. The first-order valence-corrected chi connectivity index (χ1v) is 6.73. The fraction of sp³-hybridized carbons (Fsp3) is 0.333. The lowest BCUT2D eigenvalue weighted by Gasteiger charge is -2.20. The van der Waals surface area contributed by atoms with Crippen molar-refractivity contribution in [3.05, 3.63) is 40.1 Å². The molecule has 3 nitrogen and oxygen atoms in total. The summed E-state index contributed by atoms with van der Waals surface area (Å²) in [5, 5.41) is 3.18. The molecule has 0 bridgehead atoms. The van der Waals surface area contributed by atoms with Gasteiger partial charge in [0, 0.05) is 24.5 Å². The molecule has 17 heavy (non-hydrogen) atoms. The Hall–Kier alpha value is -1.13. The molecule has 2 aromatic heterocycles. The number of thiazole rings is 1. The molecule has 0 N–H and O–H groups in total. The second-order valence-electron chi connectivity index (χ2n) is 3.85. The summed E-state index contributed by atoms with van der Waals surface area (Å²) < 4.78 is 0. The van der Waals surface area contributed by atoms with Gasteiger partial charge in [0.2, 0.25) is 0 Å². The highest BCUT2D eigenvalue weighted by atomic mass is 35.5. The van der Waals surface area contributed by atoms with E-state index in [1.807, 2.05) is 26.2 Å². The minimum atomic E-state index is 0.498. The molecule has 2 rings (SSSR count). The Labute approximate surface area is 110 Å². The summed E-state index contributed by atoms with van der Waals surface area (Å²) in [6.07, 6.45) is 3.61. The molecule has 5 heteroatoms. The summed E-state index contributed by atoms with van der Waals surface area (Å²) in [6.45, 7) is 2.79. The van der Waals surface area contributed by atoms with Crippen LogP contribution in [0.15, 0.2) is 23.8 Å². The molecule has 0 aliphatic heterocycles. The highest BCUT2D eigenvalue weighted by Crippen LogP contribution is 2.21. The number of pyridine rings is 1. The van der Waals surface area contributed by atoms with Gasteiger partial charge < -0.3 is 4.90 Å². The van der Waals surface area contributed by atoms with Gasteiger partial charge in [-0.25, -0.2) is 4.98 Å². The first-order valence-electron chi connectivity index (χ1n) is 5.31. The highest BCUT2D eigenvalue weighted by Gasteiger charge is 2.08. The van der Waals surface area contributed by atoms with Crippen molar-refractivity contribution in [1.29, 1.82) is 0 Å². The van der Waals surface area contributed by atoms with Crippen LogP contribution >= 0.6 is 22.9 Å². The van der Waals surface area contributed by atoms with Crippen molar-refractivity contribution in [2.24, 2.45) is 0 Å². The maximum absolute atomic E-state index is 5.92. The normalized spacial score (nSPS) is 10.5. The van der Waals surface area contributed by atoms with Crippen LogP contribution in [0.1, 0.15) is 16.3 Å². The van der Waals surface area contributed by atoms with Crippen molar-refractivity contribution in [2.45, 2.75) is 19.3 Å². The van der Waals surface area contributed by atoms with E-state index in [9.17, 15) is 0 Å². The molecule has 0 amide bonds. The second-order valence-corrected chi connectivity index (χ2v) is 5.18. The molecule has 2 aromatic rings. The monoisotopic (exact) mass is 267 g/mol. The van der Waals surface area contributed by atoms with E-state index in [1.165, 1.54) is 0 Å². The molecule has 90 valence electrons. The number of alkyl halides is 1. The number of halogens is 1. The summed E-state index contributed by atoms with van der Waals surface area (Å²) in [5.74, 6) is 0.498. The predicted molar refractivity (Wildman–Crippen MR) is 72.8 cm³/mol. The Bertz CT molecular complexity index is 498. The maximum Gasteiger partial charge on any atom is 0.0898 e. The lowest BCUT2D eigenvalue weighted by atomic mass is 10.2. The van der Waals surface area contributed by atoms with Crippen LogP contribution in [0.2, 0.25) is 0 Å². The second kappa shape index (κ2) is 5.47. The number of hydrogen-bond donors (Lipinski definition) is 0. The van der Waals surface area contributed by atoms with Crippen LogP contribution < -0.4 is 4.90 Å². The number of aryl methyl sites for hydroxylation is 1. The Morgan fingerprint density at radius 2 is 2.29 bits per heavy atom. The van der Waals surface area contributed by atoms with E-state index in [2.05, 4.69) is 20.2 Å². The number of hydrogen-bond acceptors (Lipinski definition) is 4. The first kappa shape index (κ1) is 12.3. The average Bonchev–Trinajstić information content (AvgIpc) is 2.74. The molecule has 0 aliphatic carbocycles. The van der Waals surface area contributed by atoms with Crippen molar-refractivity contribution in [3.63, 3.8) is 0 Å². The third-order valence-corrected chi connectivity index (χ3v) is 3.62. The van der Waals surface area contributed by atoms with Crippen molar-refractivity contribution in [3.8, 4) is 0 Å². The summed E-state index contributed by atoms with van der Waals surface area (Å²) in [4.78, 5) is 10.7. The van der Waals surface area contributed by atoms with Crippen LogP contribution in [0.5, 0.6) is 0 Å². The molecule has 0 spiro atoms. The van der Waals surface area contributed by atoms with Crippen molar-refractivity contribution in [2.75, 3.05) is 11.9 Å². The fourth-order valence-corrected chi connectivity index (χ4v) is 2.51. The van der Waals surface area contributed by atoms with Gasteiger partial charge in [0.15, 0.2) is 0 Å². The number of anilines is 1. The quantitative estimate of drug-likeness (QED) is 0.797. The van der Waals surface area contributed by atoms with Gasteiger partial charge in [-0.15, -0.1) is 22.9 Å². The lowest BCUT2D eigenvalue weighted by Crippen LogP contribution is -2.18. The van der Waals surface area contributed by atoms with Crippen LogP contribution in [0.3, 0.4) is 0 Å². The number of rotatable bonds is 4. The highest BCUT2D eigenvalue weighted by molar-refractivity contribution is 7.09. The molecular weight excluding hydrogens is 254 g/mol. The number of nitrogens with zero attached hydrogens (tertiary/aromatic N) is 3. The zero-order valence-electron chi connectivity index (χ0n) is 9.85. The smallest absolute Gasteiger partial charge is 0.0898 e. The standard InChI is InChI=1S/C12H14ClN3S/c1-9-15-11(8-17-9)7-16(2)12-6-14-4-3-10(12)5-13/h3-4,6,8H,5,7H2,1-2H3. The molecule has 0 saturated heterocycles. The summed E-state index contributed by atoms with van der Waals surface area (Å²) in [5.41, 5.74) is 3.24. The average molecular weight is 268 g/mol. The first-order chi connectivity index (χ1) is 8.20. The zero-order chi connectivity index (χ0) is 12.3. The van der Waals surface area contributed by atoms with Gasteiger partial charge in [-0.1, -0.05) is 0 Å². The zero-order valence-corrected chi connectivity index (χ0v) is 11.4. The third kappa shape index (κ3) is 2.96. The van der Waals surface area contributed by atoms with Crippen LogP contribution in [0.25, 0.3) is 0 Å². The van der Waals surface area contributed by atoms with Gasteiger partial charge in [-0.05, 0) is 18.6 Å². The van der Waals surface area contributed by atoms with E-state index in [1.54, 1.807) is 17.5 Å². The van der Waals surface area contributed by atoms with Crippen molar-refractivity contribution >= 4 is 28.6 Å². The van der Waals surface area contributed by atoms with E-state index in [-0.39, 0.29) is 0 Å². The Kier molecular flexibility index (Phi) is 3.97. The molecule has 0 radical (unpaired) electrons. The number of aromatic nitrogens is 2. The van der Waals surface area contributed by atoms with Crippen LogP contribution in [0, 0.1) is 6.92 Å². The van der Waals surface area contributed by atoms with E-state index in [0.717, 1.165) is 28.5 Å². The van der Waals surface area contributed by atoms with Gasteiger partial charge in [0.25, 0.3) is 0 Å². The van der Waals surface area contributed by atoms with E-state index >= 15 is 0 Å². The molecule has 0 atom stereocenters. The summed E-state index contributed by atoms with van der Waals surface area (Å²) in [7, 11) is 2.03. The molecule has 0 aromatic carbocycles. The third-order valence-electron chi connectivity index (χ3n) is 2.51. The van der Waals surface area contributed by atoms with Gasteiger partial charge in [-0.2, -0.15) is 0 Å². The minimum Gasteiger partial charge on any atom is -0.367 e. The predicted octanol–water partition coefficient (Wildman–Crippen LogP) is 3.22. The van der Waals surface area contributed by atoms with E-state index < -0.39 is 0 Å². The van der Waals surface area contributed by atoms with E-state index in [0.29, 0.717) is 5.88 Å². The van der Waals surface area contributed by atoms with Crippen molar-refractivity contribution < 1.29 is 0 Å². The van der Waals surface area contributed by atoms with Gasteiger partial charge >= 0.3 is 0 Å². The SMILES string of the molecule is Cc1nc(CN(C)c2cnccc2CCl)cs1. The molecule has 0 fully saturated rings. The summed E-state index contributed by atoms with van der Waals surface area (Å²) >= 11 is 7.59. The molecule has 0 aliphatic rings. The Balaban J connectivity index is 2.16.